The fraction of sp³-hybridized carbons (Fsp3) is 0.406. The van der Waals surface area contributed by atoms with Gasteiger partial charge in [0.25, 0.3) is 0 Å². The number of anilines is 3. The van der Waals surface area contributed by atoms with E-state index in [1.165, 1.54) is 23.1 Å². The van der Waals surface area contributed by atoms with E-state index in [-0.39, 0.29) is 50.0 Å². The molecule has 0 spiro atoms. The second-order valence-corrected chi connectivity index (χ2v) is 12.1. The minimum absolute atomic E-state index is 0.0457. The van der Waals surface area contributed by atoms with Gasteiger partial charge >= 0.3 is 6.18 Å². The Hall–Kier alpha value is -4.75. The van der Waals surface area contributed by atoms with Gasteiger partial charge in [-0.25, -0.2) is 14.4 Å². The number of aromatic nitrogens is 3. The number of hydrogen-bond donors (Lipinski definition) is 0. The molecule has 0 saturated carbocycles. The van der Waals surface area contributed by atoms with E-state index in [1.807, 2.05) is 17.9 Å². The summed E-state index contributed by atoms with van der Waals surface area (Å²) in [7, 11) is 1.58. The number of amides is 3. The van der Waals surface area contributed by atoms with Gasteiger partial charge in [0.15, 0.2) is 0 Å². The number of imidazole rings is 1. The van der Waals surface area contributed by atoms with Crippen LogP contribution in [-0.4, -0.2) is 76.1 Å². The van der Waals surface area contributed by atoms with Gasteiger partial charge in [-0.05, 0) is 43.7 Å². The number of likely N-dealkylation sites (tertiary alicyclic amines) is 1. The highest BCUT2D eigenvalue weighted by molar-refractivity contribution is 6.10. The average molecular weight is 640 g/mol. The van der Waals surface area contributed by atoms with Crippen LogP contribution in [0.1, 0.15) is 35.0 Å². The van der Waals surface area contributed by atoms with Crippen LogP contribution in [-0.2, 0) is 27.1 Å². The number of pyridine rings is 1. The van der Waals surface area contributed by atoms with Gasteiger partial charge in [0.1, 0.15) is 18.0 Å². The fourth-order valence-electron chi connectivity index (χ4n) is 6.82. The highest BCUT2D eigenvalue weighted by Crippen LogP contribution is 2.42. The summed E-state index contributed by atoms with van der Waals surface area (Å²) in [5, 5.41) is 0. The van der Waals surface area contributed by atoms with Gasteiger partial charge in [-0.2, -0.15) is 13.2 Å². The van der Waals surface area contributed by atoms with Crippen molar-refractivity contribution in [1.82, 2.24) is 19.4 Å². The molecule has 4 atom stereocenters. The normalized spacial score (nSPS) is 23.4. The van der Waals surface area contributed by atoms with Crippen LogP contribution in [0.5, 0.6) is 0 Å². The molecule has 6 rings (SSSR count). The summed E-state index contributed by atoms with van der Waals surface area (Å²) < 4.78 is 57.8. The lowest BCUT2D eigenvalue weighted by Crippen LogP contribution is -2.52. The van der Waals surface area contributed by atoms with Gasteiger partial charge in [-0.3, -0.25) is 19.3 Å². The molecule has 3 aliphatic heterocycles. The van der Waals surface area contributed by atoms with Gasteiger partial charge < -0.3 is 19.3 Å². The SMILES string of the molecule is C=CC(=O)N1C[C@@H](F)[C@@H](n2cnc(CN3C[C@H]4CC(=O)N(c5cc(C(F)(F)F)cc(C)n5)[C@@H]4C(=O)N(C)c4cccc(C)c43)c2)C1. The van der Waals surface area contributed by atoms with E-state index in [0.717, 1.165) is 34.4 Å². The third kappa shape index (κ3) is 5.49. The van der Waals surface area contributed by atoms with Crippen molar-refractivity contribution in [2.45, 2.75) is 51.2 Å². The molecule has 3 aliphatic rings. The van der Waals surface area contributed by atoms with Crippen LogP contribution in [0, 0.1) is 19.8 Å². The Bertz CT molecular complexity index is 1720. The van der Waals surface area contributed by atoms with Crippen molar-refractivity contribution in [3.8, 4) is 0 Å². The van der Waals surface area contributed by atoms with E-state index < -0.39 is 47.7 Å². The molecule has 46 heavy (non-hydrogen) atoms. The summed E-state index contributed by atoms with van der Waals surface area (Å²) in [5.74, 6) is -2.08. The van der Waals surface area contributed by atoms with Gasteiger partial charge in [-0.15, -0.1) is 0 Å². The third-order valence-electron chi connectivity index (χ3n) is 8.97. The lowest BCUT2D eigenvalue weighted by atomic mass is 9.95. The predicted molar refractivity (Wildman–Crippen MR) is 162 cm³/mol. The van der Waals surface area contributed by atoms with E-state index in [2.05, 4.69) is 16.5 Å². The summed E-state index contributed by atoms with van der Waals surface area (Å²) >= 11 is 0. The molecular formula is C32H33F4N7O3. The molecule has 3 aromatic rings. The van der Waals surface area contributed by atoms with Gasteiger partial charge in [0.2, 0.25) is 17.7 Å². The van der Waals surface area contributed by atoms with Crippen LogP contribution in [0.15, 0.2) is 55.5 Å². The summed E-state index contributed by atoms with van der Waals surface area (Å²) in [6, 6.07) is 5.48. The quantitative estimate of drug-likeness (QED) is 0.307. The maximum absolute atomic E-state index is 15.0. The van der Waals surface area contributed by atoms with Crippen LogP contribution in [0.25, 0.3) is 0 Å². The monoisotopic (exact) mass is 639 g/mol. The van der Waals surface area contributed by atoms with Crippen molar-refractivity contribution in [3.05, 3.63) is 78.0 Å². The maximum Gasteiger partial charge on any atom is 0.416 e. The fourth-order valence-corrected chi connectivity index (χ4v) is 6.82. The van der Waals surface area contributed by atoms with Crippen LogP contribution in [0.4, 0.5) is 34.8 Å². The molecule has 2 saturated heterocycles. The first kappa shape index (κ1) is 31.2. The molecule has 10 nitrogen and oxygen atoms in total. The topological polar surface area (TPSA) is 94.9 Å². The Balaban J connectivity index is 1.35. The number of fused-ring (bicyclic) bond motifs is 2. The molecule has 0 aliphatic carbocycles. The van der Waals surface area contributed by atoms with Crippen molar-refractivity contribution in [2.75, 3.05) is 41.4 Å². The highest BCUT2D eigenvalue weighted by atomic mass is 19.4. The minimum Gasteiger partial charge on any atom is -0.363 e. The number of para-hydroxylation sites is 1. The molecule has 2 fully saturated rings. The standard InChI is InChI=1S/C32H33F4N7O3/c1-5-27(44)40-15-23(33)25(16-40)42-14-22(37-17-42)13-41-12-20-10-28(45)43(26-11-21(32(34,35)36)9-19(3)38-26)30(20)31(46)39(4)24-8-6-7-18(2)29(24)41/h5-9,11,14,17,20,23,25,30H,1,10,12-13,15-16H2,2-4H3/t20-,23-,25+,30+/m1/s1. The van der Waals surface area contributed by atoms with Crippen molar-refractivity contribution in [1.29, 1.82) is 0 Å². The smallest absolute Gasteiger partial charge is 0.363 e. The van der Waals surface area contributed by atoms with Gasteiger partial charge in [0, 0.05) is 44.4 Å². The van der Waals surface area contributed by atoms with Crippen molar-refractivity contribution in [2.24, 2.45) is 5.92 Å². The number of benzene rings is 1. The zero-order valence-electron chi connectivity index (χ0n) is 25.5. The minimum atomic E-state index is -4.66. The first-order valence-electron chi connectivity index (χ1n) is 14.8. The first-order chi connectivity index (χ1) is 21.8. The summed E-state index contributed by atoms with van der Waals surface area (Å²) in [4.78, 5) is 54.4. The molecule has 1 aromatic carbocycles. The van der Waals surface area contributed by atoms with Gasteiger partial charge in [-0.1, -0.05) is 18.7 Å². The molecule has 5 heterocycles. The number of carbonyl (C=O) groups is 3. The zero-order chi connectivity index (χ0) is 33.1. The molecule has 0 unspecified atom stereocenters. The van der Waals surface area contributed by atoms with E-state index in [0.29, 0.717) is 11.4 Å². The Morgan fingerprint density at radius 3 is 2.61 bits per heavy atom. The molecule has 0 bridgehead atoms. The average Bonchev–Trinajstić information content (AvgIpc) is 3.70. The van der Waals surface area contributed by atoms with Crippen LogP contribution in [0.2, 0.25) is 0 Å². The Labute approximate surface area is 262 Å². The number of likely N-dealkylation sites (N-methyl/N-ethyl adjacent to an activating group) is 1. The molecule has 0 radical (unpaired) electrons. The van der Waals surface area contributed by atoms with Crippen LogP contribution in [0.3, 0.4) is 0 Å². The molecule has 14 heteroatoms. The third-order valence-corrected chi connectivity index (χ3v) is 8.97. The lowest BCUT2D eigenvalue weighted by molar-refractivity contribution is -0.137. The highest BCUT2D eigenvalue weighted by Gasteiger charge is 2.49. The summed E-state index contributed by atoms with van der Waals surface area (Å²) in [6.07, 6.45) is -1.62. The van der Waals surface area contributed by atoms with Crippen molar-refractivity contribution >= 4 is 34.9 Å². The largest absolute Gasteiger partial charge is 0.416 e. The van der Waals surface area contributed by atoms with E-state index in [4.69, 9.17) is 0 Å². The van der Waals surface area contributed by atoms with E-state index >= 15 is 0 Å². The van der Waals surface area contributed by atoms with Crippen molar-refractivity contribution < 1.29 is 31.9 Å². The summed E-state index contributed by atoms with van der Waals surface area (Å²) in [5.41, 5.74) is 1.89. The number of carbonyl (C=O) groups excluding carboxylic acids is 3. The number of hydrogen-bond acceptors (Lipinski definition) is 6. The van der Waals surface area contributed by atoms with E-state index in [1.54, 1.807) is 29.9 Å². The second-order valence-electron chi connectivity index (χ2n) is 12.1. The Kier molecular flexibility index (Phi) is 7.85. The molecule has 3 amide bonds. The molecule has 0 N–H and O–H groups in total. The zero-order valence-corrected chi connectivity index (χ0v) is 25.5. The van der Waals surface area contributed by atoms with Gasteiger partial charge in [0.05, 0.1) is 48.1 Å². The molecule has 2 aromatic heterocycles. The Morgan fingerprint density at radius 2 is 1.89 bits per heavy atom. The number of halogens is 4. The number of rotatable bonds is 5. The Morgan fingerprint density at radius 1 is 1.13 bits per heavy atom. The summed E-state index contributed by atoms with van der Waals surface area (Å²) in [6.45, 7) is 7.37. The predicted octanol–water partition coefficient (Wildman–Crippen LogP) is 4.23. The van der Waals surface area contributed by atoms with E-state index in [9.17, 15) is 31.9 Å². The number of nitrogens with zero attached hydrogens (tertiary/aromatic N) is 7. The first-order valence-corrected chi connectivity index (χ1v) is 14.8. The van der Waals surface area contributed by atoms with Crippen LogP contribution < -0.4 is 14.7 Å². The maximum atomic E-state index is 15.0. The number of alkyl halides is 4. The second kappa shape index (κ2) is 11.6. The number of aryl methyl sites for hydroxylation is 2. The van der Waals surface area contributed by atoms with Crippen molar-refractivity contribution in [3.63, 3.8) is 0 Å². The molecule has 242 valence electrons. The van der Waals surface area contributed by atoms with Crippen LogP contribution >= 0.6 is 0 Å². The lowest BCUT2D eigenvalue weighted by Gasteiger charge is -2.39. The molecular weight excluding hydrogens is 606 g/mol.